The van der Waals surface area contributed by atoms with Crippen molar-refractivity contribution in [3.63, 3.8) is 0 Å². The Bertz CT molecular complexity index is 652. The summed E-state index contributed by atoms with van der Waals surface area (Å²) in [5.41, 5.74) is 5.13. The van der Waals surface area contributed by atoms with Crippen molar-refractivity contribution in [1.29, 1.82) is 0 Å². The van der Waals surface area contributed by atoms with Crippen LogP contribution in [0.25, 0.3) is 22.6 Å². The van der Waals surface area contributed by atoms with E-state index in [1.165, 1.54) is 17.5 Å². The van der Waals surface area contributed by atoms with Crippen LogP contribution in [0.3, 0.4) is 0 Å². The number of imidazole rings is 1. The van der Waals surface area contributed by atoms with Gasteiger partial charge in [-0.05, 0) is 19.4 Å². The number of nitrogens with one attached hydrogen (secondary N) is 1. The molecule has 84 valence electrons. The van der Waals surface area contributed by atoms with E-state index in [4.69, 9.17) is 0 Å². The number of benzene rings is 1. The molecule has 0 bridgehead atoms. The number of fused-ring (bicyclic) bond motifs is 1. The average molecular weight is 224 g/mol. The van der Waals surface area contributed by atoms with Crippen molar-refractivity contribution in [3.8, 4) is 11.4 Å². The van der Waals surface area contributed by atoms with E-state index in [-0.39, 0.29) is 0 Å². The van der Waals surface area contributed by atoms with Crippen LogP contribution < -0.4 is 0 Å². The van der Waals surface area contributed by atoms with Gasteiger partial charge in [0.25, 0.3) is 0 Å². The second-order valence-electron chi connectivity index (χ2n) is 4.16. The van der Waals surface area contributed by atoms with Gasteiger partial charge in [0.1, 0.15) is 17.7 Å². The Kier molecular flexibility index (Phi) is 2.14. The molecule has 0 aliphatic carbocycles. The van der Waals surface area contributed by atoms with E-state index < -0.39 is 0 Å². The Morgan fingerprint density at radius 2 is 2.06 bits per heavy atom. The molecule has 0 aliphatic heterocycles. The molecule has 2 aromatic heterocycles. The lowest BCUT2D eigenvalue weighted by Gasteiger charge is -2.02. The largest absolute Gasteiger partial charge is 0.335 e. The minimum Gasteiger partial charge on any atom is -0.335 e. The Labute approximate surface area is 98.8 Å². The lowest BCUT2D eigenvalue weighted by molar-refractivity contribution is 1.20. The van der Waals surface area contributed by atoms with E-state index in [1.807, 2.05) is 0 Å². The van der Waals surface area contributed by atoms with Gasteiger partial charge in [0.15, 0.2) is 5.65 Å². The number of rotatable bonds is 1. The maximum Gasteiger partial charge on any atom is 0.181 e. The summed E-state index contributed by atoms with van der Waals surface area (Å²) >= 11 is 0. The zero-order chi connectivity index (χ0) is 11.8. The zero-order valence-corrected chi connectivity index (χ0v) is 9.73. The van der Waals surface area contributed by atoms with Crippen LogP contribution in [0.1, 0.15) is 11.1 Å². The smallest absolute Gasteiger partial charge is 0.181 e. The van der Waals surface area contributed by atoms with Crippen LogP contribution in [0.15, 0.2) is 30.7 Å². The molecule has 4 nitrogen and oxygen atoms in total. The Morgan fingerprint density at radius 1 is 1.18 bits per heavy atom. The predicted molar refractivity (Wildman–Crippen MR) is 66.6 cm³/mol. The highest BCUT2D eigenvalue weighted by molar-refractivity contribution is 5.75. The first-order valence-corrected chi connectivity index (χ1v) is 5.47. The van der Waals surface area contributed by atoms with Gasteiger partial charge in [-0.3, -0.25) is 0 Å². The van der Waals surface area contributed by atoms with Crippen LogP contribution in [-0.4, -0.2) is 19.9 Å². The summed E-state index contributed by atoms with van der Waals surface area (Å²) in [6, 6.07) is 6.31. The van der Waals surface area contributed by atoms with Crippen molar-refractivity contribution in [2.24, 2.45) is 0 Å². The molecule has 0 unspecified atom stereocenters. The van der Waals surface area contributed by atoms with E-state index in [1.54, 1.807) is 6.20 Å². The highest BCUT2D eigenvalue weighted by atomic mass is 15.0. The SMILES string of the molecule is Cc1ccc(-c2nc3ncncc3[nH]2)c(C)c1. The first-order valence-electron chi connectivity index (χ1n) is 5.47. The van der Waals surface area contributed by atoms with Crippen LogP contribution >= 0.6 is 0 Å². The molecule has 0 aliphatic rings. The van der Waals surface area contributed by atoms with Crippen molar-refractivity contribution < 1.29 is 0 Å². The van der Waals surface area contributed by atoms with Crippen molar-refractivity contribution in [2.75, 3.05) is 0 Å². The van der Waals surface area contributed by atoms with Gasteiger partial charge < -0.3 is 4.98 Å². The number of hydrogen-bond acceptors (Lipinski definition) is 3. The Morgan fingerprint density at radius 3 is 2.82 bits per heavy atom. The lowest BCUT2D eigenvalue weighted by atomic mass is 10.1. The normalized spacial score (nSPS) is 10.9. The third-order valence-electron chi connectivity index (χ3n) is 2.80. The molecule has 0 radical (unpaired) electrons. The first kappa shape index (κ1) is 9.96. The molecule has 1 aromatic carbocycles. The third-order valence-corrected chi connectivity index (χ3v) is 2.80. The van der Waals surface area contributed by atoms with Crippen molar-refractivity contribution >= 4 is 11.2 Å². The van der Waals surface area contributed by atoms with Gasteiger partial charge in [-0.1, -0.05) is 23.8 Å². The summed E-state index contributed by atoms with van der Waals surface area (Å²) in [4.78, 5) is 15.8. The standard InChI is InChI=1S/C13H12N4/c1-8-3-4-10(9(2)5-8)12-16-11-6-14-7-15-13(11)17-12/h3-7H,1-2H3,(H,14,15,16,17). The molecule has 0 spiro atoms. The van der Waals surface area contributed by atoms with Crippen LogP contribution in [0.2, 0.25) is 0 Å². The van der Waals surface area contributed by atoms with Crippen LogP contribution in [-0.2, 0) is 0 Å². The van der Waals surface area contributed by atoms with Gasteiger partial charge in [-0.25, -0.2) is 15.0 Å². The predicted octanol–water partition coefficient (Wildman–Crippen LogP) is 2.64. The van der Waals surface area contributed by atoms with Gasteiger partial charge >= 0.3 is 0 Å². The molecular formula is C13H12N4. The molecule has 0 amide bonds. The number of aryl methyl sites for hydroxylation is 2. The average Bonchev–Trinajstić information content (AvgIpc) is 2.72. The second-order valence-corrected chi connectivity index (χ2v) is 4.16. The van der Waals surface area contributed by atoms with Crippen LogP contribution in [0, 0.1) is 13.8 Å². The van der Waals surface area contributed by atoms with E-state index in [0.29, 0.717) is 5.65 Å². The Balaban J connectivity index is 2.20. The quantitative estimate of drug-likeness (QED) is 0.691. The van der Waals surface area contributed by atoms with E-state index in [9.17, 15) is 0 Å². The third kappa shape index (κ3) is 1.67. The maximum atomic E-state index is 4.47. The van der Waals surface area contributed by atoms with Gasteiger partial charge in [-0.15, -0.1) is 0 Å². The number of aromatic nitrogens is 4. The fourth-order valence-corrected chi connectivity index (χ4v) is 1.97. The molecule has 0 saturated carbocycles. The monoisotopic (exact) mass is 224 g/mol. The number of aromatic amines is 1. The lowest BCUT2D eigenvalue weighted by Crippen LogP contribution is -1.86. The summed E-state index contributed by atoms with van der Waals surface area (Å²) in [5, 5.41) is 0. The van der Waals surface area contributed by atoms with Gasteiger partial charge in [0.05, 0.1) is 6.20 Å². The summed E-state index contributed by atoms with van der Waals surface area (Å²) in [6.07, 6.45) is 3.25. The summed E-state index contributed by atoms with van der Waals surface area (Å²) < 4.78 is 0. The topological polar surface area (TPSA) is 54.5 Å². The Hall–Kier alpha value is -2.23. The molecule has 2 heterocycles. The fraction of sp³-hybridized carbons (Fsp3) is 0.154. The van der Waals surface area contributed by atoms with Gasteiger partial charge in [0.2, 0.25) is 0 Å². The maximum absolute atomic E-state index is 4.47. The molecule has 1 N–H and O–H groups in total. The van der Waals surface area contributed by atoms with Crippen LogP contribution in [0.5, 0.6) is 0 Å². The molecule has 0 fully saturated rings. The summed E-state index contributed by atoms with van der Waals surface area (Å²) in [6.45, 7) is 4.17. The summed E-state index contributed by atoms with van der Waals surface area (Å²) in [5.74, 6) is 0.845. The molecular weight excluding hydrogens is 212 g/mol. The first-order chi connectivity index (χ1) is 8.24. The molecule has 17 heavy (non-hydrogen) atoms. The van der Waals surface area contributed by atoms with Crippen molar-refractivity contribution in [2.45, 2.75) is 13.8 Å². The number of H-pyrrole nitrogens is 1. The molecule has 3 rings (SSSR count). The van der Waals surface area contributed by atoms with Crippen LogP contribution in [0.4, 0.5) is 0 Å². The van der Waals surface area contributed by atoms with E-state index >= 15 is 0 Å². The van der Waals surface area contributed by atoms with E-state index in [0.717, 1.165) is 16.9 Å². The zero-order valence-electron chi connectivity index (χ0n) is 9.73. The van der Waals surface area contributed by atoms with Gasteiger partial charge in [-0.2, -0.15) is 0 Å². The molecule has 3 aromatic rings. The summed E-state index contributed by atoms with van der Waals surface area (Å²) in [7, 11) is 0. The number of nitrogens with zero attached hydrogens (tertiary/aromatic N) is 3. The minimum atomic E-state index is 0.704. The minimum absolute atomic E-state index is 0.704. The number of hydrogen-bond donors (Lipinski definition) is 1. The van der Waals surface area contributed by atoms with Gasteiger partial charge in [0, 0.05) is 5.56 Å². The highest BCUT2D eigenvalue weighted by Gasteiger charge is 2.08. The fourth-order valence-electron chi connectivity index (χ4n) is 1.97. The molecule has 4 heteroatoms. The highest BCUT2D eigenvalue weighted by Crippen LogP contribution is 2.23. The van der Waals surface area contributed by atoms with E-state index in [2.05, 4.69) is 52.0 Å². The van der Waals surface area contributed by atoms with Crippen molar-refractivity contribution in [3.05, 3.63) is 41.9 Å². The molecule has 0 saturated heterocycles. The molecule has 0 atom stereocenters. The second kappa shape index (κ2) is 3.66. The van der Waals surface area contributed by atoms with Crippen molar-refractivity contribution in [1.82, 2.24) is 19.9 Å².